The number of hydrogen-bond acceptors (Lipinski definition) is 15. The lowest BCUT2D eigenvalue weighted by atomic mass is 10.0. The fraction of sp³-hybridized carbons (Fsp3) is 0.951. The summed E-state index contributed by atoms with van der Waals surface area (Å²) in [5, 5.41) is 10.6. The van der Waals surface area contributed by atoms with Crippen molar-refractivity contribution in [1.82, 2.24) is 0 Å². The summed E-state index contributed by atoms with van der Waals surface area (Å²) in [7, 11) is -9.92. The van der Waals surface area contributed by atoms with Crippen LogP contribution in [-0.2, 0) is 65.4 Å². The molecule has 0 bridgehead atoms. The Hall–Kier alpha value is -1.94. The number of carbonyl (C=O) groups is 4. The highest BCUT2D eigenvalue weighted by Gasteiger charge is 2.30. The molecule has 0 aromatic carbocycles. The molecule has 0 spiro atoms. The second-order valence-electron chi connectivity index (χ2n) is 30.0. The maximum absolute atomic E-state index is 13.1. The average molecular weight is 1480 g/mol. The Balaban J connectivity index is 5.17. The highest BCUT2D eigenvalue weighted by atomic mass is 31.2. The number of phosphoric acid groups is 2. The molecule has 3 N–H and O–H groups in total. The molecule has 0 amide bonds. The second kappa shape index (κ2) is 74.9. The van der Waals surface area contributed by atoms with Gasteiger partial charge in [0.15, 0.2) is 12.2 Å². The predicted molar refractivity (Wildman–Crippen MR) is 414 cm³/mol. The van der Waals surface area contributed by atoms with Crippen LogP contribution in [0, 0.1) is 5.92 Å². The topological polar surface area (TPSA) is 237 Å². The predicted octanol–water partition coefficient (Wildman–Crippen LogP) is 24.8. The number of aliphatic hydroxyl groups is 1. The first-order valence-corrected chi connectivity index (χ1v) is 45.6. The lowest BCUT2D eigenvalue weighted by Crippen LogP contribution is -2.30. The zero-order valence-corrected chi connectivity index (χ0v) is 67.8. The van der Waals surface area contributed by atoms with Crippen molar-refractivity contribution in [3.8, 4) is 0 Å². The summed E-state index contributed by atoms with van der Waals surface area (Å²) >= 11 is 0. The van der Waals surface area contributed by atoms with E-state index in [9.17, 15) is 43.2 Å². The molecule has 0 heterocycles. The summed E-state index contributed by atoms with van der Waals surface area (Å²) in [6.45, 7) is 7.29. The number of aliphatic hydroxyl groups excluding tert-OH is 1. The van der Waals surface area contributed by atoms with Crippen molar-refractivity contribution < 1.29 is 80.2 Å². The third kappa shape index (κ3) is 76.1. The summed E-state index contributed by atoms with van der Waals surface area (Å²) in [6, 6.07) is 0. The van der Waals surface area contributed by atoms with Gasteiger partial charge in [-0.25, -0.2) is 9.13 Å². The molecule has 600 valence electrons. The van der Waals surface area contributed by atoms with E-state index in [1.807, 2.05) is 0 Å². The van der Waals surface area contributed by atoms with Crippen LogP contribution in [0.2, 0.25) is 0 Å². The lowest BCUT2D eigenvalue weighted by Gasteiger charge is -2.21. The summed E-state index contributed by atoms with van der Waals surface area (Å²) in [6.07, 6.45) is 66.9. The van der Waals surface area contributed by atoms with Crippen LogP contribution in [0.3, 0.4) is 0 Å². The second-order valence-corrected chi connectivity index (χ2v) is 32.9. The van der Waals surface area contributed by atoms with Gasteiger partial charge in [-0.1, -0.05) is 388 Å². The van der Waals surface area contributed by atoms with Gasteiger partial charge in [0.25, 0.3) is 0 Å². The molecule has 0 aromatic heterocycles. The lowest BCUT2D eigenvalue weighted by molar-refractivity contribution is -0.161. The van der Waals surface area contributed by atoms with Gasteiger partial charge >= 0.3 is 39.5 Å². The van der Waals surface area contributed by atoms with E-state index in [0.29, 0.717) is 25.7 Å². The van der Waals surface area contributed by atoms with Gasteiger partial charge in [0.2, 0.25) is 0 Å². The zero-order valence-electron chi connectivity index (χ0n) is 66.1. The van der Waals surface area contributed by atoms with E-state index in [2.05, 4.69) is 34.6 Å². The summed E-state index contributed by atoms with van der Waals surface area (Å²) in [5.74, 6) is -1.36. The van der Waals surface area contributed by atoms with Crippen molar-refractivity contribution in [1.29, 1.82) is 0 Å². The summed E-state index contributed by atoms with van der Waals surface area (Å²) in [4.78, 5) is 72.9. The molecule has 0 rings (SSSR count). The maximum atomic E-state index is 13.1. The van der Waals surface area contributed by atoms with E-state index in [-0.39, 0.29) is 25.7 Å². The van der Waals surface area contributed by atoms with Crippen molar-refractivity contribution in [3.05, 3.63) is 0 Å². The molecule has 0 aliphatic carbocycles. The Morgan fingerprint density at radius 2 is 0.455 bits per heavy atom. The minimum Gasteiger partial charge on any atom is -0.462 e. The van der Waals surface area contributed by atoms with E-state index >= 15 is 0 Å². The van der Waals surface area contributed by atoms with Crippen molar-refractivity contribution in [3.63, 3.8) is 0 Å². The molecule has 0 aliphatic rings. The summed E-state index contributed by atoms with van der Waals surface area (Å²) in [5.41, 5.74) is 0. The highest BCUT2D eigenvalue weighted by molar-refractivity contribution is 7.47. The molecule has 17 nitrogen and oxygen atoms in total. The molecule has 2 unspecified atom stereocenters. The minimum atomic E-state index is -4.96. The van der Waals surface area contributed by atoms with Crippen molar-refractivity contribution in [2.24, 2.45) is 5.92 Å². The van der Waals surface area contributed by atoms with Gasteiger partial charge in [-0.3, -0.25) is 37.3 Å². The first-order chi connectivity index (χ1) is 49.0. The van der Waals surface area contributed by atoms with Gasteiger partial charge in [0, 0.05) is 25.7 Å². The monoisotopic (exact) mass is 1480 g/mol. The standard InChI is InChI=1S/C82H160O17P2/c1-6-9-12-15-18-21-23-25-27-29-31-32-33-34-36-38-40-42-47-52-57-62-67-81(86)99-78(72-93-80(85)66-61-56-51-46-41-39-37-35-30-28-26-24-22-19-16-13-10-7-2)74-97-101(90,91)95-70-76(83)69-94-100(88,89)96-73-77(71-92-79(84)65-60-55-50-20-17-14-11-8-3)98-82(87)68-63-58-53-48-44-43-45-49-54-59-64-75(4)5/h75-78,83H,6-74H2,1-5H3,(H,88,89)(H,90,91)/t76-,77+,78+/m0/s1. The number of phosphoric ester groups is 2. The average Bonchev–Trinajstić information content (AvgIpc) is 1.22. The third-order valence-electron chi connectivity index (χ3n) is 19.3. The number of esters is 4. The molecule has 0 aliphatic heterocycles. The molecule has 0 fully saturated rings. The normalized spacial score (nSPS) is 13.8. The quantitative estimate of drug-likeness (QED) is 0.0222. The molecular weight excluding hydrogens is 1320 g/mol. The van der Waals surface area contributed by atoms with Gasteiger partial charge < -0.3 is 33.8 Å². The van der Waals surface area contributed by atoms with Crippen LogP contribution >= 0.6 is 15.6 Å². The Kier molecular flexibility index (Phi) is 73.5. The molecule has 0 saturated heterocycles. The van der Waals surface area contributed by atoms with Crippen LogP contribution in [-0.4, -0.2) is 96.7 Å². The van der Waals surface area contributed by atoms with Crippen LogP contribution in [0.5, 0.6) is 0 Å². The highest BCUT2D eigenvalue weighted by Crippen LogP contribution is 2.45. The Bertz CT molecular complexity index is 1930. The van der Waals surface area contributed by atoms with Crippen molar-refractivity contribution >= 4 is 39.5 Å². The van der Waals surface area contributed by atoms with E-state index < -0.39 is 97.5 Å². The van der Waals surface area contributed by atoms with E-state index in [1.54, 1.807) is 0 Å². The number of unbranched alkanes of at least 4 members (excludes halogenated alkanes) is 54. The van der Waals surface area contributed by atoms with Crippen molar-refractivity contribution in [2.75, 3.05) is 39.6 Å². The van der Waals surface area contributed by atoms with Crippen LogP contribution in [0.15, 0.2) is 0 Å². The van der Waals surface area contributed by atoms with Gasteiger partial charge in [0.05, 0.1) is 26.4 Å². The zero-order chi connectivity index (χ0) is 74.1. The Morgan fingerprint density at radius 1 is 0.267 bits per heavy atom. The Morgan fingerprint density at radius 3 is 0.673 bits per heavy atom. The number of ether oxygens (including phenoxy) is 4. The molecule has 0 aromatic rings. The molecule has 0 radical (unpaired) electrons. The first-order valence-electron chi connectivity index (χ1n) is 42.6. The SMILES string of the molecule is CCCCCCCCCCCCCCCCCCCCCCCCC(=O)O[C@H](COC(=O)CCCCCCCCCCCCCCCCCCCC)COP(=O)(O)OC[C@@H](O)COP(=O)(O)OC[C@@H](COC(=O)CCCCCCCCCC)OC(=O)CCCCCCCCCCCCC(C)C. The largest absolute Gasteiger partial charge is 0.472 e. The third-order valence-corrected chi connectivity index (χ3v) is 21.2. The molecule has 101 heavy (non-hydrogen) atoms. The smallest absolute Gasteiger partial charge is 0.462 e. The van der Waals surface area contributed by atoms with Crippen LogP contribution in [0.25, 0.3) is 0 Å². The van der Waals surface area contributed by atoms with Gasteiger partial charge in [0.1, 0.15) is 19.3 Å². The number of rotatable bonds is 82. The number of hydrogen-bond donors (Lipinski definition) is 3. The summed E-state index contributed by atoms with van der Waals surface area (Å²) < 4.78 is 68.6. The first kappa shape index (κ1) is 99.1. The molecule has 0 saturated carbocycles. The van der Waals surface area contributed by atoms with E-state index in [0.717, 1.165) is 102 Å². The van der Waals surface area contributed by atoms with Crippen LogP contribution in [0.4, 0.5) is 0 Å². The molecule has 19 heteroatoms. The van der Waals surface area contributed by atoms with Gasteiger partial charge in [-0.05, 0) is 31.6 Å². The minimum absolute atomic E-state index is 0.106. The maximum Gasteiger partial charge on any atom is 0.472 e. The number of carbonyl (C=O) groups excluding carboxylic acids is 4. The van der Waals surface area contributed by atoms with E-state index in [4.69, 9.17) is 37.0 Å². The van der Waals surface area contributed by atoms with Gasteiger partial charge in [-0.15, -0.1) is 0 Å². The Labute approximate surface area is 619 Å². The van der Waals surface area contributed by atoms with E-state index in [1.165, 1.54) is 257 Å². The molecule has 5 atom stereocenters. The molecular formula is C82H160O17P2. The van der Waals surface area contributed by atoms with Crippen LogP contribution < -0.4 is 0 Å². The fourth-order valence-corrected chi connectivity index (χ4v) is 14.3. The van der Waals surface area contributed by atoms with Crippen LogP contribution in [0.1, 0.15) is 439 Å². The van der Waals surface area contributed by atoms with Gasteiger partial charge in [-0.2, -0.15) is 0 Å². The van der Waals surface area contributed by atoms with Crippen molar-refractivity contribution in [2.45, 2.75) is 457 Å². The fourth-order valence-electron chi connectivity index (χ4n) is 12.8.